The molecule has 0 aliphatic carbocycles. The van der Waals surface area contributed by atoms with Crippen LogP contribution in [0.4, 0.5) is 0 Å². The van der Waals surface area contributed by atoms with Crippen molar-refractivity contribution in [2.45, 2.75) is 31.4 Å². The van der Waals surface area contributed by atoms with Crippen molar-refractivity contribution in [2.75, 3.05) is 27.7 Å². The maximum atomic E-state index is 10.4. The van der Waals surface area contributed by atoms with Gasteiger partial charge in [0.2, 0.25) is 5.91 Å². The third kappa shape index (κ3) is 9.29. The first-order valence-electron chi connectivity index (χ1n) is 6.22. The topological polar surface area (TPSA) is 127 Å². The Kier molecular flexibility index (Phi) is 7.16. The number of aliphatic hydroxyl groups is 1. The van der Waals surface area contributed by atoms with E-state index >= 15 is 0 Å². The number of nitrogens with one attached hydrogen (secondary N) is 1. The van der Waals surface area contributed by atoms with E-state index in [1.54, 1.807) is 0 Å². The van der Waals surface area contributed by atoms with E-state index in [0.717, 1.165) is 0 Å². The molecule has 8 nitrogen and oxygen atoms in total. The van der Waals surface area contributed by atoms with Crippen LogP contribution in [0, 0.1) is 0 Å². The zero-order chi connectivity index (χ0) is 15.9. The Balaban J connectivity index is 0.000000367. The molecule has 2 atom stereocenters. The van der Waals surface area contributed by atoms with Gasteiger partial charge in [-0.25, -0.2) is 4.79 Å². The number of quaternary nitrogens is 1. The number of carbonyl (C=O) groups is 3. The maximum absolute atomic E-state index is 10.4. The Morgan fingerprint density at radius 1 is 1.45 bits per heavy atom. The van der Waals surface area contributed by atoms with Gasteiger partial charge in [-0.2, -0.15) is 0 Å². The molecule has 20 heavy (non-hydrogen) atoms. The van der Waals surface area contributed by atoms with E-state index in [4.69, 9.17) is 10.2 Å². The molecule has 1 aliphatic heterocycles. The van der Waals surface area contributed by atoms with Gasteiger partial charge in [-0.15, -0.1) is 0 Å². The van der Waals surface area contributed by atoms with Crippen LogP contribution in [0.25, 0.3) is 0 Å². The summed E-state index contributed by atoms with van der Waals surface area (Å²) in [5, 5.41) is 29.8. The fourth-order valence-electron chi connectivity index (χ4n) is 1.69. The predicted octanol–water partition coefficient (Wildman–Crippen LogP) is -2.46. The Labute approximate surface area is 117 Å². The van der Waals surface area contributed by atoms with Crippen LogP contribution in [0.5, 0.6) is 0 Å². The zero-order valence-electron chi connectivity index (χ0n) is 12.0. The van der Waals surface area contributed by atoms with Crippen LogP contribution in [0.15, 0.2) is 0 Å². The van der Waals surface area contributed by atoms with Gasteiger partial charge in [-0.3, -0.25) is 4.79 Å². The summed E-state index contributed by atoms with van der Waals surface area (Å²) in [6.45, 7) is 0.425. The van der Waals surface area contributed by atoms with Crippen molar-refractivity contribution in [1.29, 1.82) is 0 Å². The quantitative estimate of drug-likeness (QED) is 0.482. The lowest BCUT2D eigenvalue weighted by Crippen LogP contribution is -2.43. The van der Waals surface area contributed by atoms with Crippen LogP contribution < -0.4 is 10.4 Å². The van der Waals surface area contributed by atoms with Gasteiger partial charge >= 0.3 is 5.97 Å². The predicted molar refractivity (Wildman–Crippen MR) is 67.3 cm³/mol. The van der Waals surface area contributed by atoms with Gasteiger partial charge in [0, 0.05) is 18.8 Å². The van der Waals surface area contributed by atoms with Crippen molar-refractivity contribution >= 4 is 17.8 Å². The molecule has 1 saturated heterocycles. The second-order valence-electron chi connectivity index (χ2n) is 5.70. The van der Waals surface area contributed by atoms with Crippen molar-refractivity contribution < 1.29 is 34.2 Å². The molecule has 1 rings (SSSR count). The number of likely N-dealkylation sites (N-methyl/N-ethyl adjacent to an activating group) is 1. The number of hydrogen-bond donors (Lipinski definition) is 3. The van der Waals surface area contributed by atoms with Crippen LogP contribution in [-0.2, 0) is 14.4 Å². The monoisotopic (exact) mass is 290 g/mol. The van der Waals surface area contributed by atoms with Crippen molar-refractivity contribution in [2.24, 2.45) is 0 Å². The van der Waals surface area contributed by atoms with Gasteiger partial charge in [0.15, 0.2) is 0 Å². The molecule has 1 aliphatic rings. The molecule has 0 aromatic rings. The Morgan fingerprint density at radius 3 is 2.25 bits per heavy atom. The molecule has 1 fully saturated rings. The smallest absolute Gasteiger partial charge is 0.326 e. The summed E-state index contributed by atoms with van der Waals surface area (Å²) >= 11 is 0. The fraction of sp³-hybridized carbons (Fsp3) is 0.750. The van der Waals surface area contributed by atoms with Gasteiger partial charge in [-0.1, -0.05) is 0 Å². The summed E-state index contributed by atoms with van der Waals surface area (Å²) in [7, 11) is 5.66. The number of aliphatic carboxylic acids is 2. The van der Waals surface area contributed by atoms with Gasteiger partial charge in [0.25, 0.3) is 0 Å². The average molecular weight is 290 g/mol. The number of aliphatic hydroxyl groups excluding tert-OH is 1. The minimum Gasteiger partial charge on any atom is -0.550 e. The summed E-state index contributed by atoms with van der Waals surface area (Å²) in [6.07, 6.45) is -0.319. The molecule has 0 saturated carbocycles. The molecular weight excluding hydrogens is 268 g/mol. The summed E-state index contributed by atoms with van der Waals surface area (Å²) in [4.78, 5) is 30.5. The van der Waals surface area contributed by atoms with Crippen LogP contribution in [0.3, 0.4) is 0 Å². The molecule has 0 aromatic heterocycles. The second-order valence-corrected chi connectivity index (χ2v) is 5.70. The van der Waals surface area contributed by atoms with Crippen molar-refractivity contribution in [3.63, 3.8) is 0 Å². The van der Waals surface area contributed by atoms with Gasteiger partial charge in [0.05, 0.1) is 21.1 Å². The van der Waals surface area contributed by atoms with Crippen LogP contribution >= 0.6 is 0 Å². The molecule has 1 heterocycles. The van der Waals surface area contributed by atoms with Crippen LogP contribution in [0.1, 0.15) is 19.3 Å². The SMILES string of the molecule is C[N+](C)(C)CC(O)CC(=O)[O-].O=C1CC[C@@H](C(=O)O)N1. The largest absolute Gasteiger partial charge is 0.550 e. The molecule has 8 heteroatoms. The first kappa shape index (κ1) is 18.3. The number of amides is 1. The number of carboxylic acids is 2. The normalized spacial score (nSPS) is 19.6. The Bertz CT molecular complexity index is 363. The summed E-state index contributed by atoms with van der Waals surface area (Å²) < 4.78 is 0.550. The summed E-state index contributed by atoms with van der Waals surface area (Å²) in [5.74, 6) is -2.31. The van der Waals surface area contributed by atoms with Crippen molar-refractivity contribution in [3.05, 3.63) is 0 Å². The molecule has 3 N–H and O–H groups in total. The van der Waals surface area contributed by atoms with Crippen molar-refractivity contribution in [1.82, 2.24) is 5.32 Å². The van der Waals surface area contributed by atoms with E-state index in [-0.39, 0.29) is 12.3 Å². The highest BCUT2D eigenvalue weighted by atomic mass is 16.4. The molecule has 116 valence electrons. The van der Waals surface area contributed by atoms with E-state index in [9.17, 15) is 19.5 Å². The maximum Gasteiger partial charge on any atom is 0.326 e. The molecule has 0 radical (unpaired) electrons. The van der Waals surface area contributed by atoms with E-state index in [2.05, 4.69) is 5.32 Å². The number of rotatable bonds is 5. The third-order valence-electron chi connectivity index (χ3n) is 2.45. The average Bonchev–Trinajstić information content (AvgIpc) is 2.61. The second kappa shape index (κ2) is 7.81. The standard InChI is InChI=1S/C7H15NO3.C5H7NO3/c1-8(2,3)5-6(9)4-7(10)11;7-4-2-1-3(6-4)5(8)9/h6,9H,4-5H2,1-3H3;3H,1-2H2,(H,6,7)(H,8,9)/t;3-/m.0/s1. The lowest BCUT2D eigenvalue weighted by Gasteiger charge is -2.26. The summed E-state index contributed by atoms with van der Waals surface area (Å²) in [6, 6.07) is -0.641. The van der Waals surface area contributed by atoms with E-state index in [1.165, 1.54) is 0 Å². The minimum atomic E-state index is -1.20. The molecular formula is C12H22N2O6. The highest BCUT2D eigenvalue weighted by Crippen LogP contribution is 2.05. The first-order valence-corrected chi connectivity index (χ1v) is 6.22. The first-order chi connectivity index (χ1) is 9.01. The van der Waals surface area contributed by atoms with Gasteiger partial charge in [0.1, 0.15) is 18.7 Å². The lowest BCUT2D eigenvalue weighted by atomic mass is 10.2. The molecule has 1 unspecified atom stereocenters. The fourth-order valence-corrected chi connectivity index (χ4v) is 1.69. The minimum absolute atomic E-state index is 0.164. The highest BCUT2D eigenvalue weighted by molar-refractivity contribution is 5.87. The van der Waals surface area contributed by atoms with E-state index in [1.807, 2.05) is 21.1 Å². The molecule has 0 bridgehead atoms. The molecule has 1 amide bonds. The number of carbonyl (C=O) groups excluding carboxylic acids is 2. The summed E-state index contributed by atoms with van der Waals surface area (Å²) in [5.41, 5.74) is 0. The Hall–Kier alpha value is -1.67. The molecule has 0 spiro atoms. The number of nitrogens with zero attached hydrogens (tertiary/aromatic N) is 1. The highest BCUT2D eigenvalue weighted by Gasteiger charge is 2.26. The van der Waals surface area contributed by atoms with Gasteiger partial charge in [-0.05, 0) is 6.42 Å². The van der Waals surface area contributed by atoms with Crippen molar-refractivity contribution in [3.8, 4) is 0 Å². The van der Waals surface area contributed by atoms with Gasteiger partial charge < -0.3 is 29.9 Å². The molecule has 0 aromatic carbocycles. The number of carboxylic acid groups (broad SMARTS) is 2. The van der Waals surface area contributed by atoms with Crippen LogP contribution in [-0.4, -0.2) is 72.4 Å². The van der Waals surface area contributed by atoms with E-state index in [0.29, 0.717) is 23.9 Å². The van der Waals surface area contributed by atoms with Crippen LogP contribution in [0.2, 0.25) is 0 Å². The third-order valence-corrected chi connectivity index (χ3v) is 2.45. The Morgan fingerprint density at radius 2 is 2.00 bits per heavy atom. The number of hydrogen-bond acceptors (Lipinski definition) is 5. The van der Waals surface area contributed by atoms with E-state index < -0.39 is 24.1 Å². The zero-order valence-corrected chi connectivity index (χ0v) is 12.0. The lowest BCUT2D eigenvalue weighted by molar-refractivity contribution is -0.873.